The number of aromatic nitrogens is 4. The summed E-state index contributed by atoms with van der Waals surface area (Å²) in [5.74, 6) is -0.427. The zero-order valence-corrected chi connectivity index (χ0v) is 16.6. The third kappa shape index (κ3) is 3.40. The second-order valence-electron chi connectivity index (χ2n) is 6.56. The van der Waals surface area contributed by atoms with Crippen molar-refractivity contribution in [3.63, 3.8) is 0 Å². The zero-order chi connectivity index (χ0) is 20.5. The monoisotopic (exact) mass is 407 g/mol. The van der Waals surface area contributed by atoms with Gasteiger partial charge in [-0.3, -0.25) is 9.59 Å². The van der Waals surface area contributed by atoms with Gasteiger partial charge in [0.2, 0.25) is 0 Å². The van der Waals surface area contributed by atoms with E-state index in [9.17, 15) is 9.59 Å². The summed E-state index contributed by atoms with van der Waals surface area (Å²) >= 11 is 5.98. The van der Waals surface area contributed by atoms with Crippen LogP contribution in [0.25, 0.3) is 16.7 Å². The van der Waals surface area contributed by atoms with Crippen LogP contribution in [0.5, 0.6) is 0 Å². The predicted molar refractivity (Wildman–Crippen MR) is 113 cm³/mol. The van der Waals surface area contributed by atoms with Crippen molar-refractivity contribution < 1.29 is 4.79 Å². The molecule has 0 aliphatic rings. The maximum atomic E-state index is 13.0. The number of carbonyl (C=O) groups excluding carboxylic acids is 1. The van der Waals surface area contributed by atoms with E-state index in [2.05, 4.69) is 15.4 Å². The molecule has 2 aromatic carbocycles. The largest absolute Gasteiger partial charge is 0.320 e. The van der Waals surface area contributed by atoms with Gasteiger partial charge in [-0.25, -0.2) is 9.67 Å². The highest BCUT2D eigenvalue weighted by Crippen LogP contribution is 2.22. The van der Waals surface area contributed by atoms with Crippen molar-refractivity contribution in [3.05, 3.63) is 81.5 Å². The summed E-state index contributed by atoms with van der Waals surface area (Å²) in [5.41, 5.74) is 2.58. The second-order valence-corrected chi connectivity index (χ2v) is 7.00. The number of nitrogens with one attached hydrogen (secondary N) is 1. The summed E-state index contributed by atoms with van der Waals surface area (Å²) in [6, 6.07) is 14.4. The van der Waals surface area contributed by atoms with Crippen LogP contribution in [0.4, 0.5) is 5.69 Å². The van der Waals surface area contributed by atoms with Gasteiger partial charge in [0.15, 0.2) is 11.2 Å². The van der Waals surface area contributed by atoms with Gasteiger partial charge in [0, 0.05) is 17.8 Å². The molecule has 0 spiro atoms. The summed E-state index contributed by atoms with van der Waals surface area (Å²) in [4.78, 5) is 30.1. The maximum absolute atomic E-state index is 13.0. The van der Waals surface area contributed by atoms with E-state index in [4.69, 9.17) is 11.6 Å². The van der Waals surface area contributed by atoms with Gasteiger partial charge in [-0.15, -0.1) is 0 Å². The van der Waals surface area contributed by atoms with Gasteiger partial charge in [-0.05, 0) is 42.3 Å². The molecule has 0 aliphatic heterocycles. The minimum Gasteiger partial charge on any atom is -0.320 e. The minimum atomic E-state index is -0.427. The number of rotatable bonds is 4. The number of halogens is 1. The molecule has 7 nitrogen and oxygen atoms in total. The Hall–Kier alpha value is -3.45. The maximum Gasteiger partial charge on any atom is 0.279 e. The van der Waals surface area contributed by atoms with Crippen LogP contribution < -0.4 is 10.9 Å². The molecule has 2 heterocycles. The van der Waals surface area contributed by atoms with Crippen molar-refractivity contribution in [1.82, 2.24) is 19.3 Å². The van der Waals surface area contributed by atoms with Gasteiger partial charge in [0.05, 0.1) is 12.0 Å². The van der Waals surface area contributed by atoms with Crippen LogP contribution in [-0.2, 0) is 13.5 Å². The summed E-state index contributed by atoms with van der Waals surface area (Å²) in [6.07, 6.45) is 2.16. The van der Waals surface area contributed by atoms with Gasteiger partial charge in [-0.2, -0.15) is 5.10 Å². The molecule has 0 saturated heterocycles. The first-order valence-electron chi connectivity index (χ1n) is 9.09. The van der Waals surface area contributed by atoms with Crippen LogP contribution in [0.2, 0.25) is 5.02 Å². The Labute approximate surface area is 171 Å². The molecule has 4 aromatic rings. The second kappa shape index (κ2) is 7.52. The van der Waals surface area contributed by atoms with E-state index in [1.807, 2.05) is 31.2 Å². The molecule has 1 N–H and O–H groups in total. The topological polar surface area (TPSA) is 81.8 Å². The van der Waals surface area contributed by atoms with Gasteiger partial charge >= 0.3 is 0 Å². The highest BCUT2D eigenvalue weighted by Gasteiger charge is 2.22. The molecule has 8 heteroatoms. The molecule has 0 fully saturated rings. The van der Waals surface area contributed by atoms with Crippen molar-refractivity contribution >= 4 is 34.2 Å². The van der Waals surface area contributed by atoms with E-state index in [-0.39, 0.29) is 22.3 Å². The van der Waals surface area contributed by atoms with Crippen molar-refractivity contribution in [2.24, 2.45) is 7.05 Å². The fourth-order valence-corrected chi connectivity index (χ4v) is 3.27. The van der Waals surface area contributed by atoms with Crippen LogP contribution >= 0.6 is 11.6 Å². The number of benzene rings is 2. The zero-order valence-electron chi connectivity index (χ0n) is 15.9. The fourth-order valence-electron chi connectivity index (χ4n) is 3.14. The van der Waals surface area contributed by atoms with Crippen LogP contribution in [0.3, 0.4) is 0 Å². The smallest absolute Gasteiger partial charge is 0.279 e. The van der Waals surface area contributed by atoms with Crippen molar-refractivity contribution in [2.45, 2.75) is 13.3 Å². The van der Waals surface area contributed by atoms with E-state index >= 15 is 0 Å². The van der Waals surface area contributed by atoms with Gasteiger partial charge in [0.25, 0.3) is 11.5 Å². The van der Waals surface area contributed by atoms with Crippen LogP contribution in [0.1, 0.15) is 23.0 Å². The molecular formula is C21H18ClN5O2. The van der Waals surface area contributed by atoms with E-state index in [1.165, 1.54) is 15.6 Å². The normalized spacial score (nSPS) is 11.0. The molecule has 0 unspecified atom stereocenters. The average Bonchev–Trinajstić information content (AvgIpc) is 3.12. The number of fused-ring (bicyclic) bond motifs is 1. The molecule has 4 rings (SSSR count). The third-order valence-electron chi connectivity index (χ3n) is 4.68. The van der Waals surface area contributed by atoms with Crippen LogP contribution in [0.15, 0.2) is 59.7 Å². The third-order valence-corrected chi connectivity index (χ3v) is 4.93. The molecular weight excluding hydrogens is 390 g/mol. The number of amides is 1. The Balaban J connectivity index is 1.87. The number of hydrogen-bond acceptors (Lipinski definition) is 4. The number of nitrogens with zero attached hydrogens (tertiary/aromatic N) is 4. The molecule has 2 aromatic heterocycles. The highest BCUT2D eigenvalue weighted by atomic mass is 35.5. The minimum absolute atomic E-state index is 0.0820. The number of carbonyl (C=O) groups is 1. The lowest BCUT2D eigenvalue weighted by Crippen LogP contribution is -2.19. The van der Waals surface area contributed by atoms with Crippen molar-refractivity contribution in [1.29, 1.82) is 0 Å². The standard InChI is InChI=1S/C21H18ClN5O2/c1-3-13-6-4-5-7-16(13)24-20(28)18-17-19(21(29)26(2)12-23-17)27(25-18)15-10-8-14(22)9-11-15/h4-12H,3H2,1-2H3,(H,24,28). The van der Waals surface area contributed by atoms with E-state index in [0.29, 0.717) is 16.4 Å². The molecule has 0 radical (unpaired) electrons. The number of para-hydroxylation sites is 1. The molecule has 29 heavy (non-hydrogen) atoms. The first-order chi connectivity index (χ1) is 14.0. The SMILES string of the molecule is CCc1ccccc1NC(=O)c1nn(-c2ccc(Cl)cc2)c2c(=O)n(C)cnc12. The number of hydrogen-bond donors (Lipinski definition) is 1. The summed E-state index contributed by atoms with van der Waals surface area (Å²) < 4.78 is 2.78. The van der Waals surface area contributed by atoms with Gasteiger partial charge in [0.1, 0.15) is 5.52 Å². The van der Waals surface area contributed by atoms with E-state index < -0.39 is 5.91 Å². The lowest BCUT2D eigenvalue weighted by molar-refractivity contribution is 0.102. The molecule has 0 aliphatic carbocycles. The first kappa shape index (κ1) is 18.9. The van der Waals surface area contributed by atoms with E-state index in [0.717, 1.165) is 12.0 Å². The Morgan fingerprint density at radius 2 is 1.86 bits per heavy atom. The first-order valence-corrected chi connectivity index (χ1v) is 9.47. The predicted octanol–water partition coefficient (Wildman–Crippen LogP) is 3.59. The number of anilines is 1. The van der Waals surface area contributed by atoms with Crippen LogP contribution in [-0.4, -0.2) is 25.2 Å². The number of aryl methyl sites for hydroxylation is 2. The molecule has 0 saturated carbocycles. The Kier molecular flexibility index (Phi) is 4.90. The Bertz CT molecular complexity index is 1270. The van der Waals surface area contributed by atoms with Crippen LogP contribution in [0, 0.1) is 0 Å². The quantitative estimate of drug-likeness (QED) is 0.560. The fraction of sp³-hybridized carbons (Fsp3) is 0.143. The summed E-state index contributed by atoms with van der Waals surface area (Å²) in [6.45, 7) is 2.01. The van der Waals surface area contributed by atoms with Crippen molar-refractivity contribution in [2.75, 3.05) is 5.32 Å². The molecule has 1 amide bonds. The van der Waals surface area contributed by atoms with Gasteiger partial charge < -0.3 is 9.88 Å². The Morgan fingerprint density at radius 1 is 1.14 bits per heavy atom. The van der Waals surface area contributed by atoms with E-state index in [1.54, 1.807) is 31.3 Å². The molecule has 146 valence electrons. The Morgan fingerprint density at radius 3 is 2.59 bits per heavy atom. The lowest BCUT2D eigenvalue weighted by Gasteiger charge is -2.08. The summed E-state index contributed by atoms with van der Waals surface area (Å²) in [5, 5.41) is 7.88. The lowest BCUT2D eigenvalue weighted by atomic mass is 10.1. The average molecular weight is 408 g/mol. The molecule has 0 bridgehead atoms. The van der Waals surface area contributed by atoms with Crippen molar-refractivity contribution in [3.8, 4) is 5.69 Å². The summed E-state index contributed by atoms with van der Waals surface area (Å²) in [7, 11) is 1.60. The molecule has 0 atom stereocenters. The van der Waals surface area contributed by atoms with Gasteiger partial charge in [-0.1, -0.05) is 36.7 Å². The highest BCUT2D eigenvalue weighted by molar-refractivity contribution is 6.30.